The Labute approximate surface area is 151 Å². The smallest absolute Gasteiger partial charge is 0.235 e. The Bertz CT molecular complexity index is 847. The average molecular weight is 351 g/mol. The molecule has 0 aliphatic carbocycles. The summed E-state index contributed by atoms with van der Waals surface area (Å²) in [5.74, 6) is 0.352. The number of aromatic nitrogens is 4. The minimum Gasteiger partial charge on any atom is -0.497 e. The number of H-pyrrole nitrogens is 1. The van der Waals surface area contributed by atoms with Gasteiger partial charge in [-0.1, -0.05) is 36.4 Å². The highest BCUT2D eigenvalue weighted by molar-refractivity contribution is 5.95. The molecule has 3 rings (SSSR count). The minimum absolute atomic E-state index is 0.182. The van der Waals surface area contributed by atoms with Crippen molar-refractivity contribution in [2.24, 2.45) is 0 Å². The third-order valence-corrected chi connectivity index (χ3v) is 4.19. The van der Waals surface area contributed by atoms with Gasteiger partial charge in [0, 0.05) is 5.69 Å². The van der Waals surface area contributed by atoms with Gasteiger partial charge in [0.15, 0.2) is 5.82 Å². The van der Waals surface area contributed by atoms with Crippen LogP contribution in [0.2, 0.25) is 0 Å². The first-order valence-electron chi connectivity index (χ1n) is 8.45. The molecule has 0 radical (unpaired) electrons. The molecular formula is C19H21N5O2. The van der Waals surface area contributed by atoms with E-state index in [9.17, 15) is 4.79 Å². The number of amides is 1. The Kier molecular flexibility index (Phi) is 5.58. The fourth-order valence-electron chi connectivity index (χ4n) is 2.71. The lowest BCUT2D eigenvalue weighted by Crippen LogP contribution is -2.24. The van der Waals surface area contributed by atoms with Crippen molar-refractivity contribution >= 4 is 11.6 Å². The van der Waals surface area contributed by atoms with E-state index in [0.717, 1.165) is 23.4 Å². The van der Waals surface area contributed by atoms with Crippen molar-refractivity contribution < 1.29 is 9.53 Å². The number of carbonyl (C=O) groups excluding carboxylic acids is 1. The van der Waals surface area contributed by atoms with E-state index in [0.29, 0.717) is 12.2 Å². The molecule has 2 N–H and O–H groups in total. The summed E-state index contributed by atoms with van der Waals surface area (Å²) < 4.78 is 5.25. The normalized spacial score (nSPS) is 11.8. The van der Waals surface area contributed by atoms with Gasteiger partial charge in [0.1, 0.15) is 11.7 Å². The number of hydrogen-bond donors (Lipinski definition) is 2. The molecule has 0 aliphatic rings. The lowest BCUT2D eigenvalue weighted by molar-refractivity contribution is -0.117. The second-order valence-electron chi connectivity index (χ2n) is 5.92. The molecule has 2 aromatic carbocycles. The quantitative estimate of drug-likeness (QED) is 0.683. The second kappa shape index (κ2) is 8.24. The van der Waals surface area contributed by atoms with Crippen molar-refractivity contribution in [3.05, 3.63) is 65.5 Å². The maximum atomic E-state index is 12.9. The van der Waals surface area contributed by atoms with Crippen LogP contribution in [-0.2, 0) is 17.6 Å². The predicted molar refractivity (Wildman–Crippen MR) is 98.1 cm³/mol. The molecule has 0 aliphatic heterocycles. The summed E-state index contributed by atoms with van der Waals surface area (Å²) in [5, 5.41) is 17.0. The van der Waals surface area contributed by atoms with Crippen LogP contribution in [0.4, 0.5) is 5.69 Å². The Morgan fingerprint density at radius 1 is 1.19 bits per heavy atom. The number of benzene rings is 2. The van der Waals surface area contributed by atoms with Crippen molar-refractivity contribution in [3.8, 4) is 5.75 Å². The zero-order valence-corrected chi connectivity index (χ0v) is 14.8. The molecule has 1 atom stereocenters. The summed E-state index contributed by atoms with van der Waals surface area (Å²) in [6, 6.07) is 15.4. The molecule has 134 valence electrons. The number of aromatic amines is 1. The summed E-state index contributed by atoms with van der Waals surface area (Å²) >= 11 is 0. The van der Waals surface area contributed by atoms with Crippen molar-refractivity contribution in [1.82, 2.24) is 20.6 Å². The van der Waals surface area contributed by atoms with Crippen LogP contribution in [0.25, 0.3) is 0 Å². The molecule has 0 unspecified atom stereocenters. The molecule has 7 nitrogen and oxygen atoms in total. The first-order chi connectivity index (χ1) is 12.7. The highest BCUT2D eigenvalue weighted by Crippen LogP contribution is 2.22. The maximum absolute atomic E-state index is 12.9. The third-order valence-electron chi connectivity index (χ3n) is 4.19. The van der Waals surface area contributed by atoms with Crippen molar-refractivity contribution in [3.63, 3.8) is 0 Å². The average Bonchev–Trinajstić information content (AvgIpc) is 3.21. The van der Waals surface area contributed by atoms with Crippen molar-refractivity contribution in [2.75, 3.05) is 12.4 Å². The van der Waals surface area contributed by atoms with Crippen LogP contribution >= 0.6 is 0 Å². The number of carbonyl (C=O) groups is 1. The largest absolute Gasteiger partial charge is 0.497 e. The number of methoxy groups -OCH3 is 1. The molecule has 0 saturated heterocycles. The SMILES string of the molecule is CCc1ccc(NC(=O)[C@@H](Cc2cccc(OC)c2)c2nn[nH]n2)cc1. The van der Waals surface area contributed by atoms with Gasteiger partial charge < -0.3 is 10.1 Å². The molecule has 1 heterocycles. The van der Waals surface area contributed by atoms with Gasteiger partial charge in [-0.3, -0.25) is 4.79 Å². The second-order valence-corrected chi connectivity index (χ2v) is 5.92. The van der Waals surface area contributed by atoms with Gasteiger partial charge in [0.2, 0.25) is 5.91 Å². The first-order valence-corrected chi connectivity index (χ1v) is 8.45. The molecule has 0 spiro atoms. The number of hydrogen-bond acceptors (Lipinski definition) is 5. The highest BCUT2D eigenvalue weighted by atomic mass is 16.5. The van der Waals surface area contributed by atoms with Crippen LogP contribution in [0.15, 0.2) is 48.5 Å². The zero-order valence-electron chi connectivity index (χ0n) is 14.8. The summed E-state index contributed by atoms with van der Waals surface area (Å²) in [6.07, 6.45) is 1.39. The summed E-state index contributed by atoms with van der Waals surface area (Å²) in [7, 11) is 1.61. The van der Waals surface area contributed by atoms with Crippen molar-refractivity contribution in [2.45, 2.75) is 25.7 Å². The number of tetrazole rings is 1. The number of anilines is 1. The summed E-state index contributed by atoms with van der Waals surface area (Å²) in [4.78, 5) is 12.9. The molecule has 0 saturated carbocycles. The number of aryl methyl sites for hydroxylation is 1. The van der Waals surface area contributed by atoms with Gasteiger partial charge in [0.05, 0.1) is 7.11 Å². The first kappa shape index (κ1) is 17.6. The maximum Gasteiger partial charge on any atom is 0.235 e. The van der Waals surface area contributed by atoms with E-state index < -0.39 is 5.92 Å². The van der Waals surface area contributed by atoms with E-state index in [4.69, 9.17) is 4.74 Å². The summed E-state index contributed by atoms with van der Waals surface area (Å²) in [6.45, 7) is 2.09. The minimum atomic E-state index is -0.563. The highest BCUT2D eigenvalue weighted by Gasteiger charge is 2.25. The Hall–Kier alpha value is -3.22. The van der Waals surface area contributed by atoms with Crippen LogP contribution in [0.5, 0.6) is 5.75 Å². The summed E-state index contributed by atoms with van der Waals surface area (Å²) in [5.41, 5.74) is 2.91. The molecule has 0 bridgehead atoms. The lowest BCUT2D eigenvalue weighted by atomic mass is 9.97. The predicted octanol–water partition coefficient (Wildman–Crippen LogP) is 2.74. The van der Waals surface area contributed by atoms with Gasteiger partial charge in [-0.2, -0.15) is 5.21 Å². The van der Waals surface area contributed by atoms with Gasteiger partial charge in [-0.25, -0.2) is 0 Å². The molecule has 1 aromatic heterocycles. The van der Waals surface area contributed by atoms with Gasteiger partial charge >= 0.3 is 0 Å². The van der Waals surface area contributed by atoms with Crippen LogP contribution in [0, 0.1) is 0 Å². The lowest BCUT2D eigenvalue weighted by Gasteiger charge is -2.14. The number of rotatable bonds is 7. The zero-order chi connectivity index (χ0) is 18.4. The van der Waals surface area contributed by atoms with Crippen LogP contribution < -0.4 is 10.1 Å². The third kappa shape index (κ3) is 4.24. The Balaban J connectivity index is 1.80. The van der Waals surface area contributed by atoms with Gasteiger partial charge in [-0.15, -0.1) is 10.2 Å². The number of nitrogens with one attached hydrogen (secondary N) is 2. The topological polar surface area (TPSA) is 92.8 Å². The van der Waals surface area contributed by atoms with Crippen molar-refractivity contribution in [1.29, 1.82) is 0 Å². The Morgan fingerprint density at radius 3 is 2.65 bits per heavy atom. The molecule has 1 amide bonds. The van der Waals surface area contributed by atoms with Crippen LogP contribution in [0.1, 0.15) is 29.8 Å². The molecule has 7 heteroatoms. The van der Waals surface area contributed by atoms with E-state index in [1.165, 1.54) is 5.56 Å². The van der Waals surface area contributed by atoms with Crippen LogP contribution in [-0.4, -0.2) is 33.6 Å². The standard InChI is InChI=1S/C19H21N5O2/c1-3-13-7-9-15(10-8-13)20-19(25)17(18-21-23-24-22-18)12-14-5-4-6-16(11-14)26-2/h4-11,17H,3,12H2,1-2H3,(H,20,25)(H,21,22,23,24)/t17-/m0/s1. The number of nitrogens with zero attached hydrogens (tertiary/aromatic N) is 3. The Morgan fingerprint density at radius 2 is 2.00 bits per heavy atom. The molecule has 3 aromatic rings. The van der Waals surface area contributed by atoms with E-state index in [1.54, 1.807) is 7.11 Å². The molecular weight excluding hydrogens is 330 g/mol. The van der Waals surface area contributed by atoms with E-state index >= 15 is 0 Å². The fraction of sp³-hybridized carbons (Fsp3) is 0.263. The van der Waals surface area contributed by atoms with E-state index in [2.05, 4.69) is 32.9 Å². The van der Waals surface area contributed by atoms with E-state index in [-0.39, 0.29) is 5.91 Å². The fourth-order valence-corrected chi connectivity index (χ4v) is 2.71. The van der Waals surface area contributed by atoms with E-state index in [1.807, 2.05) is 48.5 Å². The monoisotopic (exact) mass is 351 g/mol. The van der Waals surface area contributed by atoms with Crippen LogP contribution in [0.3, 0.4) is 0 Å². The number of ether oxygens (including phenoxy) is 1. The molecule has 0 fully saturated rings. The van der Waals surface area contributed by atoms with Gasteiger partial charge in [-0.05, 0) is 48.2 Å². The van der Waals surface area contributed by atoms with Gasteiger partial charge in [0.25, 0.3) is 0 Å². The molecule has 26 heavy (non-hydrogen) atoms.